The smallest absolute Gasteiger partial charge is 0.282 e. The van der Waals surface area contributed by atoms with E-state index in [1.54, 1.807) is 24.3 Å². The predicted molar refractivity (Wildman–Crippen MR) is 77.1 cm³/mol. The highest BCUT2D eigenvalue weighted by Crippen LogP contribution is 2.25. The van der Waals surface area contributed by atoms with Crippen LogP contribution in [0.25, 0.3) is 0 Å². The topological polar surface area (TPSA) is 85.1 Å². The summed E-state index contributed by atoms with van der Waals surface area (Å²) in [5, 5.41) is 13.5. The Bertz CT molecular complexity index is 647. The van der Waals surface area contributed by atoms with Crippen LogP contribution < -0.4 is 5.32 Å². The molecule has 0 spiro atoms. The normalized spacial score (nSPS) is 10.1. The number of rotatable bonds is 4. The molecule has 0 radical (unpaired) electrons. The summed E-state index contributed by atoms with van der Waals surface area (Å²) in [7, 11) is 0. The summed E-state index contributed by atoms with van der Waals surface area (Å²) >= 11 is 1.41. The van der Waals surface area contributed by atoms with Gasteiger partial charge in [-0.1, -0.05) is 6.07 Å². The fourth-order valence-corrected chi connectivity index (χ4v) is 2.04. The highest BCUT2D eigenvalue weighted by Gasteiger charge is 2.20. The Hall–Kier alpha value is -2.41. The Morgan fingerprint density at radius 1 is 1.35 bits per heavy atom. The third-order valence-corrected chi connectivity index (χ3v) is 3.28. The lowest BCUT2D eigenvalue weighted by atomic mass is 10.1. The number of carbonyl (C=O) groups excluding carboxylic acids is 1. The SMILES string of the molecule is CSc1ccc([N+](=O)[O-])c(C(=O)Nc2ccccn2)c1. The van der Waals surface area contributed by atoms with E-state index in [4.69, 9.17) is 0 Å². The van der Waals surface area contributed by atoms with Gasteiger partial charge in [-0.05, 0) is 30.5 Å². The summed E-state index contributed by atoms with van der Waals surface area (Å²) in [4.78, 5) is 27.3. The van der Waals surface area contributed by atoms with Gasteiger partial charge in [0.2, 0.25) is 0 Å². The van der Waals surface area contributed by atoms with Crippen LogP contribution in [0.4, 0.5) is 11.5 Å². The average molecular weight is 289 g/mol. The van der Waals surface area contributed by atoms with Crippen molar-refractivity contribution in [3.05, 3.63) is 58.3 Å². The van der Waals surface area contributed by atoms with Crippen LogP contribution in [0.5, 0.6) is 0 Å². The first-order valence-electron chi connectivity index (χ1n) is 5.66. The number of nitro benzene ring substituents is 1. The molecule has 1 heterocycles. The lowest BCUT2D eigenvalue weighted by molar-refractivity contribution is -0.385. The van der Waals surface area contributed by atoms with Crippen molar-refractivity contribution in [2.45, 2.75) is 4.90 Å². The number of thioether (sulfide) groups is 1. The second kappa shape index (κ2) is 6.16. The molecule has 1 aromatic heterocycles. The van der Waals surface area contributed by atoms with Gasteiger partial charge >= 0.3 is 0 Å². The fraction of sp³-hybridized carbons (Fsp3) is 0.0769. The van der Waals surface area contributed by atoms with Crippen molar-refractivity contribution in [2.24, 2.45) is 0 Å². The number of nitrogens with zero attached hydrogens (tertiary/aromatic N) is 2. The van der Waals surface area contributed by atoms with Gasteiger partial charge in [0.15, 0.2) is 0 Å². The minimum absolute atomic E-state index is 0.0208. The second-order valence-electron chi connectivity index (χ2n) is 3.81. The number of pyridine rings is 1. The Morgan fingerprint density at radius 3 is 2.75 bits per heavy atom. The number of benzene rings is 1. The van der Waals surface area contributed by atoms with E-state index in [2.05, 4.69) is 10.3 Å². The number of aromatic nitrogens is 1. The summed E-state index contributed by atoms with van der Waals surface area (Å²) in [5.41, 5.74) is -0.205. The van der Waals surface area contributed by atoms with Gasteiger partial charge in [0.05, 0.1) is 4.92 Å². The molecule has 0 saturated carbocycles. The summed E-state index contributed by atoms with van der Waals surface area (Å²) < 4.78 is 0. The van der Waals surface area contributed by atoms with Crippen molar-refractivity contribution in [3.63, 3.8) is 0 Å². The number of hydrogen-bond acceptors (Lipinski definition) is 5. The number of amides is 1. The zero-order valence-electron chi connectivity index (χ0n) is 10.6. The molecule has 6 nitrogen and oxygen atoms in total. The second-order valence-corrected chi connectivity index (χ2v) is 4.69. The van der Waals surface area contributed by atoms with Gasteiger partial charge < -0.3 is 5.32 Å². The van der Waals surface area contributed by atoms with Crippen LogP contribution in [0.2, 0.25) is 0 Å². The third-order valence-electron chi connectivity index (χ3n) is 2.55. The van der Waals surface area contributed by atoms with Gasteiger partial charge in [0, 0.05) is 17.2 Å². The maximum absolute atomic E-state index is 12.1. The third kappa shape index (κ3) is 3.12. The monoisotopic (exact) mass is 289 g/mol. The van der Waals surface area contributed by atoms with Crippen LogP contribution in [0, 0.1) is 10.1 Å². The maximum Gasteiger partial charge on any atom is 0.282 e. The molecule has 1 N–H and O–H groups in total. The van der Waals surface area contributed by atoms with E-state index in [1.165, 1.54) is 30.1 Å². The maximum atomic E-state index is 12.1. The van der Waals surface area contributed by atoms with Crippen LogP contribution in [0.3, 0.4) is 0 Å². The highest BCUT2D eigenvalue weighted by molar-refractivity contribution is 7.98. The molecule has 0 saturated heterocycles. The van der Waals surface area contributed by atoms with Crippen LogP contribution >= 0.6 is 11.8 Å². The van der Waals surface area contributed by atoms with Gasteiger partial charge in [0.1, 0.15) is 11.4 Å². The Morgan fingerprint density at radius 2 is 2.15 bits per heavy atom. The van der Waals surface area contributed by atoms with Crippen molar-refractivity contribution in [2.75, 3.05) is 11.6 Å². The highest BCUT2D eigenvalue weighted by atomic mass is 32.2. The summed E-state index contributed by atoms with van der Waals surface area (Å²) in [6, 6.07) is 9.49. The van der Waals surface area contributed by atoms with Crippen LogP contribution in [0.15, 0.2) is 47.5 Å². The molecule has 0 bridgehead atoms. The van der Waals surface area contributed by atoms with Gasteiger partial charge in [-0.2, -0.15) is 0 Å². The van der Waals surface area contributed by atoms with Crippen molar-refractivity contribution < 1.29 is 9.72 Å². The quantitative estimate of drug-likeness (QED) is 0.531. The molecule has 7 heteroatoms. The molecular formula is C13H11N3O3S. The molecule has 0 atom stereocenters. The van der Waals surface area contributed by atoms with Crippen LogP contribution in [0.1, 0.15) is 10.4 Å². The lowest BCUT2D eigenvalue weighted by Crippen LogP contribution is -2.14. The minimum Gasteiger partial charge on any atom is -0.306 e. The van der Waals surface area contributed by atoms with Crippen molar-refractivity contribution in [1.82, 2.24) is 4.98 Å². The van der Waals surface area contributed by atoms with Gasteiger partial charge in [0.25, 0.3) is 11.6 Å². The van der Waals surface area contributed by atoms with E-state index in [1.807, 2.05) is 6.26 Å². The summed E-state index contributed by atoms with van der Waals surface area (Å²) in [5.74, 6) is -0.201. The van der Waals surface area contributed by atoms with Crippen molar-refractivity contribution in [1.29, 1.82) is 0 Å². The molecule has 1 amide bonds. The molecular weight excluding hydrogens is 278 g/mol. The predicted octanol–water partition coefficient (Wildman–Crippen LogP) is 2.96. The van der Waals surface area contributed by atoms with E-state index in [9.17, 15) is 14.9 Å². The van der Waals surface area contributed by atoms with E-state index >= 15 is 0 Å². The molecule has 0 unspecified atom stereocenters. The van der Waals surface area contributed by atoms with E-state index in [-0.39, 0.29) is 11.3 Å². The number of anilines is 1. The first-order chi connectivity index (χ1) is 9.61. The molecule has 0 aliphatic rings. The van der Waals surface area contributed by atoms with Gasteiger partial charge in [-0.15, -0.1) is 11.8 Å². The van der Waals surface area contributed by atoms with E-state index < -0.39 is 10.8 Å². The Labute approximate surface area is 119 Å². The van der Waals surface area contributed by atoms with Crippen molar-refractivity contribution in [3.8, 4) is 0 Å². The van der Waals surface area contributed by atoms with Gasteiger partial charge in [-0.3, -0.25) is 14.9 Å². The molecule has 20 heavy (non-hydrogen) atoms. The number of nitro groups is 1. The molecule has 102 valence electrons. The molecule has 0 aliphatic heterocycles. The molecule has 0 aliphatic carbocycles. The first-order valence-corrected chi connectivity index (χ1v) is 6.89. The zero-order valence-corrected chi connectivity index (χ0v) is 11.4. The zero-order chi connectivity index (χ0) is 14.5. The van der Waals surface area contributed by atoms with E-state index in [0.29, 0.717) is 5.82 Å². The summed E-state index contributed by atoms with van der Waals surface area (Å²) in [6.07, 6.45) is 3.37. The summed E-state index contributed by atoms with van der Waals surface area (Å²) in [6.45, 7) is 0. The molecule has 0 fully saturated rings. The minimum atomic E-state index is -0.572. The largest absolute Gasteiger partial charge is 0.306 e. The van der Waals surface area contributed by atoms with Gasteiger partial charge in [-0.25, -0.2) is 4.98 Å². The molecule has 1 aromatic carbocycles. The molecule has 2 aromatic rings. The number of hydrogen-bond donors (Lipinski definition) is 1. The van der Waals surface area contributed by atoms with E-state index in [0.717, 1.165) is 4.90 Å². The number of nitrogens with one attached hydrogen (secondary N) is 1. The lowest BCUT2D eigenvalue weighted by Gasteiger charge is -2.06. The Kier molecular flexibility index (Phi) is 4.31. The molecule has 2 rings (SSSR count). The number of carbonyl (C=O) groups is 1. The average Bonchev–Trinajstić information content (AvgIpc) is 2.47. The van der Waals surface area contributed by atoms with Crippen molar-refractivity contribution >= 4 is 29.2 Å². The Balaban J connectivity index is 2.35. The fourth-order valence-electron chi connectivity index (χ4n) is 1.60. The van der Waals surface area contributed by atoms with Crippen LogP contribution in [-0.4, -0.2) is 22.1 Å². The standard InChI is InChI=1S/C13H11N3O3S/c1-20-9-5-6-11(16(18)19)10(8-9)13(17)15-12-4-2-3-7-14-12/h2-8H,1H3,(H,14,15,17). The first kappa shape index (κ1) is 14.0. The van der Waals surface area contributed by atoms with Crippen LogP contribution in [-0.2, 0) is 0 Å².